The number of ether oxygens (including phenoxy) is 1. The summed E-state index contributed by atoms with van der Waals surface area (Å²) in [5.41, 5.74) is 0.438. The first kappa shape index (κ1) is 16.6. The molecule has 1 unspecified atom stereocenters. The maximum atomic E-state index is 14.5. The predicted octanol–water partition coefficient (Wildman–Crippen LogP) is 4.44. The van der Waals surface area contributed by atoms with Crippen molar-refractivity contribution >= 4 is 17.4 Å². The average molecular weight is 360 g/mol. The largest absolute Gasteiger partial charge is 0.473 e. The van der Waals surface area contributed by atoms with Gasteiger partial charge in [-0.1, -0.05) is 29.8 Å². The van der Waals surface area contributed by atoms with Crippen molar-refractivity contribution in [3.8, 4) is 5.75 Å². The number of rotatable bonds is 2. The van der Waals surface area contributed by atoms with Crippen LogP contribution < -0.4 is 10.1 Å². The molecule has 5 heteroatoms. The smallest absolute Gasteiger partial charge is 0.214 e. The number of Topliss-reactive ketones (excluding diaryl/α,β-unsaturated/α-hetero) is 1. The number of carbonyl (C=O) groups excluding carboxylic acids is 1. The van der Waals surface area contributed by atoms with Crippen LogP contribution in [0.4, 0.5) is 4.39 Å². The van der Waals surface area contributed by atoms with Gasteiger partial charge in [-0.3, -0.25) is 4.79 Å². The highest BCUT2D eigenvalue weighted by Crippen LogP contribution is 2.46. The number of carbonyl (C=O) groups is 1. The van der Waals surface area contributed by atoms with Gasteiger partial charge in [0.2, 0.25) is 5.78 Å². The van der Waals surface area contributed by atoms with E-state index in [1.165, 1.54) is 12.1 Å². The van der Waals surface area contributed by atoms with Crippen molar-refractivity contribution in [3.05, 3.63) is 63.9 Å². The minimum absolute atomic E-state index is 0.209. The maximum absolute atomic E-state index is 14.5. The van der Waals surface area contributed by atoms with Gasteiger partial charge >= 0.3 is 0 Å². The number of para-hydroxylation sites is 1. The first-order valence-electron chi connectivity index (χ1n) is 8.53. The van der Waals surface area contributed by atoms with Gasteiger partial charge in [0.15, 0.2) is 5.60 Å². The average Bonchev–Trinajstić information content (AvgIpc) is 2.87. The van der Waals surface area contributed by atoms with E-state index in [1.54, 1.807) is 19.1 Å². The number of piperidine rings is 1. The van der Waals surface area contributed by atoms with Crippen molar-refractivity contribution in [2.45, 2.75) is 31.3 Å². The molecular formula is C20H19ClFNO2. The first-order chi connectivity index (χ1) is 12.0. The number of nitrogens with one attached hydrogen (secondary N) is 1. The molecule has 1 fully saturated rings. The van der Waals surface area contributed by atoms with Crippen LogP contribution in [-0.2, 0) is 5.60 Å². The molecule has 0 amide bonds. The molecule has 2 aliphatic rings. The third-order valence-electron chi connectivity index (χ3n) is 5.25. The van der Waals surface area contributed by atoms with Gasteiger partial charge in [-0.2, -0.15) is 0 Å². The minimum Gasteiger partial charge on any atom is -0.473 e. The van der Waals surface area contributed by atoms with E-state index in [-0.39, 0.29) is 11.3 Å². The molecule has 1 saturated heterocycles. The van der Waals surface area contributed by atoms with Crippen molar-refractivity contribution in [2.75, 3.05) is 13.1 Å². The molecule has 1 atom stereocenters. The highest BCUT2D eigenvalue weighted by atomic mass is 35.5. The molecule has 1 N–H and O–H groups in total. The van der Waals surface area contributed by atoms with Gasteiger partial charge in [-0.15, -0.1) is 0 Å². The standard InChI is InChI=1S/C20H19ClFNO2/c1-20(16-6-5-13(21)11-17(16)22)19(24)15-4-2-3-14(18(15)25-20)12-7-9-23-10-8-12/h2-6,11-12,23H,7-10H2,1H3. The van der Waals surface area contributed by atoms with Gasteiger partial charge < -0.3 is 10.1 Å². The van der Waals surface area contributed by atoms with E-state index in [1.807, 2.05) is 12.1 Å². The van der Waals surface area contributed by atoms with Crippen LogP contribution in [0, 0.1) is 5.82 Å². The molecule has 3 nitrogen and oxygen atoms in total. The Bertz CT molecular complexity index is 848. The summed E-state index contributed by atoms with van der Waals surface area (Å²) >= 11 is 5.85. The molecule has 25 heavy (non-hydrogen) atoms. The molecule has 2 aromatic carbocycles. The lowest BCUT2D eigenvalue weighted by molar-refractivity contribution is 0.0602. The zero-order valence-electron chi connectivity index (χ0n) is 13.9. The SMILES string of the molecule is CC1(c2ccc(Cl)cc2F)Oc2c(cccc2C2CCNCC2)C1=O. The quantitative estimate of drug-likeness (QED) is 0.861. The topological polar surface area (TPSA) is 38.3 Å². The van der Waals surface area contributed by atoms with E-state index >= 15 is 0 Å². The Hall–Kier alpha value is -1.91. The zero-order valence-corrected chi connectivity index (χ0v) is 14.7. The maximum Gasteiger partial charge on any atom is 0.214 e. The number of benzene rings is 2. The zero-order chi connectivity index (χ0) is 17.6. The number of fused-ring (bicyclic) bond motifs is 1. The summed E-state index contributed by atoms with van der Waals surface area (Å²) in [6.45, 7) is 3.53. The highest BCUT2D eigenvalue weighted by molar-refractivity contribution is 6.30. The van der Waals surface area contributed by atoms with Crippen LogP contribution in [-0.4, -0.2) is 18.9 Å². The van der Waals surface area contributed by atoms with E-state index in [9.17, 15) is 9.18 Å². The Kier molecular flexibility index (Phi) is 4.05. The van der Waals surface area contributed by atoms with Crippen LogP contribution in [0.15, 0.2) is 36.4 Å². The lowest BCUT2D eigenvalue weighted by Gasteiger charge is -2.27. The number of hydrogen-bond donors (Lipinski definition) is 1. The molecule has 0 aromatic heterocycles. The molecule has 130 valence electrons. The Morgan fingerprint density at radius 2 is 2.00 bits per heavy atom. The second kappa shape index (κ2) is 6.11. The predicted molar refractivity (Wildman–Crippen MR) is 95.0 cm³/mol. The lowest BCUT2D eigenvalue weighted by atomic mass is 9.86. The highest BCUT2D eigenvalue weighted by Gasteiger charge is 2.48. The Labute approximate surface area is 151 Å². The molecule has 2 aromatic rings. The summed E-state index contributed by atoms with van der Waals surface area (Å²) in [5.74, 6) is 0.219. The van der Waals surface area contributed by atoms with Crippen molar-refractivity contribution in [2.24, 2.45) is 0 Å². The first-order valence-corrected chi connectivity index (χ1v) is 8.91. The number of hydrogen-bond acceptors (Lipinski definition) is 3. The molecule has 0 radical (unpaired) electrons. The van der Waals surface area contributed by atoms with Crippen molar-refractivity contribution < 1.29 is 13.9 Å². The lowest BCUT2D eigenvalue weighted by Crippen LogP contribution is -2.34. The molecule has 0 aliphatic carbocycles. The van der Waals surface area contributed by atoms with E-state index in [0.717, 1.165) is 31.5 Å². The van der Waals surface area contributed by atoms with E-state index in [2.05, 4.69) is 5.32 Å². The van der Waals surface area contributed by atoms with Crippen molar-refractivity contribution in [1.29, 1.82) is 0 Å². The molecule has 4 rings (SSSR count). The molecule has 2 heterocycles. The van der Waals surface area contributed by atoms with Crippen LogP contribution >= 0.6 is 11.6 Å². The van der Waals surface area contributed by atoms with Gasteiger partial charge in [0, 0.05) is 10.6 Å². The summed E-state index contributed by atoms with van der Waals surface area (Å²) in [4.78, 5) is 13.1. The Balaban J connectivity index is 1.78. The molecule has 2 aliphatic heterocycles. The molecule has 0 spiro atoms. The van der Waals surface area contributed by atoms with Crippen LogP contribution in [0.1, 0.15) is 47.2 Å². The van der Waals surface area contributed by atoms with Crippen LogP contribution in [0.25, 0.3) is 0 Å². The van der Waals surface area contributed by atoms with Gasteiger partial charge in [0.1, 0.15) is 11.6 Å². The van der Waals surface area contributed by atoms with Crippen LogP contribution in [0.5, 0.6) is 5.75 Å². The van der Waals surface area contributed by atoms with E-state index < -0.39 is 11.4 Å². The molecular weight excluding hydrogens is 341 g/mol. The van der Waals surface area contributed by atoms with Gasteiger partial charge in [-0.25, -0.2) is 4.39 Å². The second-order valence-electron chi connectivity index (χ2n) is 6.84. The molecule has 0 bridgehead atoms. The van der Waals surface area contributed by atoms with Crippen LogP contribution in [0.2, 0.25) is 5.02 Å². The summed E-state index contributed by atoms with van der Waals surface area (Å²) in [6, 6.07) is 10.0. The van der Waals surface area contributed by atoms with E-state index in [4.69, 9.17) is 16.3 Å². The summed E-state index contributed by atoms with van der Waals surface area (Å²) in [6.07, 6.45) is 2.00. The van der Waals surface area contributed by atoms with Gasteiger partial charge in [0.25, 0.3) is 0 Å². The summed E-state index contributed by atoms with van der Waals surface area (Å²) < 4.78 is 20.6. The normalized spacial score (nSPS) is 23.4. The summed E-state index contributed by atoms with van der Waals surface area (Å²) in [7, 11) is 0. The Morgan fingerprint density at radius 3 is 2.72 bits per heavy atom. The third-order valence-corrected chi connectivity index (χ3v) is 5.49. The number of halogens is 2. The van der Waals surface area contributed by atoms with Gasteiger partial charge in [-0.05, 0) is 62.5 Å². The summed E-state index contributed by atoms with van der Waals surface area (Å²) in [5, 5.41) is 3.64. The number of ketones is 1. The van der Waals surface area contributed by atoms with Gasteiger partial charge in [0.05, 0.1) is 5.56 Å². The van der Waals surface area contributed by atoms with Crippen LogP contribution in [0.3, 0.4) is 0 Å². The van der Waals surface area contributed by atoms with Crippen molar-refractivity contribution in [3.63, 3.8) is 0 Å². The fraction of sp³-hybridized carbons (Fsp3) is 0.350. The van der Waals surface area contributed by atoms with E-state index in [0.29, 0.717) is 22.3 Å². The monoisotopic (exact) mass is 359 g/mol. The minimum atomic E-state index is -1.36. The second-order valence-corrected chi connectivity index (χ2v) is 7.27. The third kappa shape index (κ3) is 2.64. The molecule has 0 saturated carbocycles. The van der Waals surface area contributed by atoms with Crippen molar-refractivity contribution in [1.82, 2.24) is 5.32 Å². The fourth-order valence-electron chi connectivity index (χ4n) is 3.86. The fourth-order valence-corrected chi connectivity index (χ4v) is 4.02. The Morgan fingerprint density at radius 1 is 1.24 bits per heavy atom.